The first-order valence-corrected chi connectivity index (χ1v) is 12.5. The number of rotatable bonds is 3. The fraction of sp³-hybridized carbons (Fsp3) is 1.00. The van der Waals surface area contributed by atoms with Crippen LogP contribution in [0, 0.1) is 0 Å². The molecule has 19 heavy (non-hydrogen) atoms. The van der Waals surface area contributed by atoms with Crippen molar-refractivity contribution in [1.29, 1.82) is 0 Å². The minimum absolute atomic E-state index is 0.204. The Labute approximate surface area is 123 Å². The summed E-state index contributed by atoms with van der Waals surface area (Å²) < 4.78 is 0. The average molecular weight is 301 g/mol. The molecule has 0 unspecified atom stereocenters. The van der Waals surface area contributed by atoms with Gasteiger partial charge in [0, 0.05) is 0 Å². The van der Waals surface area contributed by atoms with Gasteiger partial charge in [0.1, 0.15) is 0 Å². The second kappa shape index (κ2) is 5.94. The molecule has 0 bridgehead atoms. The summed E-state index contributed by atoms with van der Waals surface area (Å²) in [6.45, 7) is 13.0. The molecule has 4 heteroatoms. The van der Waals surface area contributed by atoms with E-state index in [1.165, 1.54) is 25.7 Å². The molecule has 0 radical (unpaired) electrons. The summed E-state index contributed by atoms with van der Waals surface area (Å²) in [6, 6.07) is 0. The second-order valence-corrected chi connectivity index (χ2v) is 16.7. The first-order chi connectivity index (χ1) is 8.80. The standard InChI is InChI=1S/C15H34BNP2/c1-12-8-9-13(2)18(12)16(17(5)6)19(7)14(3)10-11-15(19)4/h12-15,19H,8-11H2,1-7H3/t12-,13-,14-,15-/m1/s1. The molecule has 0 saturated carbocycles. The van der Waals surface area contributed by atoms with Crippen LogP contribution in [0.2, 0.25) is 0 Å². The van der Waals surface area contributed by atoms with Crippen LogP contribution < -0.4 is 0 Å². The van der Waals surface area contributed by atoms with Crippen LogP contribution in [0.4, 0.5) is 0 Å². The molecule has 2 rings (SSSR count). The molecule has 0 aromatic rings. The third-order valence-corrected chi connectivity index (χ3v) is 19.1. The molecule has 2 saturated heterocycles. The predicted octanol–water partition coefficient (Wildman–Crippen LogP) is 4.54. The Hall–Kier alpha value is 0.885. The molecule has 1 nitrogen and oxygen atoms in total. The van der Waals surface area contributed by atoms with Crippen LogP contribution in [0.3, 0.4) is 0 Å². The van der Waals surface area contributed by atoms with E-state index in [0.29, 0.717) is 0 Å². The Morgan fingerprint density at radius 1 is 0.895 bits per heavy atom. The number of nitrogens with zero attached hydrogens (tertiary/aromatic N) is 1. The Morgan fingerprint density at radius 3 is 1.68 bits per heavy atom. The van der Waals surface area contributed by atoms with E-state index >= 15 is 0 Å². The van der Waals surface area contributed by atoms with Crippen LogP contribution in [-0.4, -0.2) is 54.5 Å². The topological polar surface area (TPSA) is 3.24 Å². The minimum atomic E-state index is -1.18. The van der Waals surface area contributed by atoms with Crippen LogP contribution >= 0.6 is 14.9 Å². The van der Waals surface area contributed by atoms with Gasteiger partial charge in [-0.2, -0.15) is 0 Å². The van der Waals surface area contributed by atoms with Crippen molar-refractivity contribution in [3.8, 4) is 0 Å². The fourth-order valence-corrected chi connectivity index (χ4v) is 18.5. The van der Waals surface area contributed by atoms with E-state index in [4.69, 9.17) is 0 Å². The van der Waals surface area contributed by atoms with Gasteiger partial charge in [-0.05, 0) is 0 Å². The zero-order valence-electron chi connectivity index (χ0n) is 14.1. The van der Waals surface area contributed by atoms with E-state index in [0.717, 1.165) is 28.9 Å². The monoisotopic (exact) mass is 301 g/mol. The molecule has 0 spiro atoms. The van der Waals surface area contributed by atoms with Crippen LogP contribution in [0.5, 0.6) is 0 Å². The van der Waals surface area contributed by atoms with E-state index in [2.05, 4.69) is 53.3 Å². The molecule has 2 heterocycles. The summed E-state index contributed by atoms with van der Waals surface area (Å²) in [7, 11) is 3.78. The Bertz CT molecular complexity index is 303. The van der Waals surface area contributed by atoms with Gasteiger partial charge in [0.05, 0.1) is 0 Å². The zero-order chi connectivity index (χ0) is 14.4. The van der Waals surface area contributed by atoms with Gasteiger partial charge in [-0.3, -0.25) is 0 Å². The van der Waals surface area contributed by atoms with Crippen molar-refractivity contribution in [3.63, 3.8) is 0 Å². The molecule has 0 amide bonds. The van der Waals surface area contributed by atoms with Crippen molar-refractivity contribution in [1.82, 2.24) is 4.81 Å². The van der Waals surface area contributed by atoms with Crippen molar-refractivity contribution < 1.29 is 0 Å². The van der Waals surface area contributed by atoms with Gasteiger partial charge in [-0.25, -0.2) is 0 Å². The molecule has 2 aliphatic rings. The number of hydrogen-bond acceptors (Lipinski definition) is 1. The van der Waals surface area contributed by atoms with E-state index in [1.54, 1.807) is 0 Å². The van der Waals surface area contributed by atoms with E-state index in [9.17, 15) is 0 Å². The van der Waals surface area contributed by atoms with Gasteiger partial charge >= 0.3 is 123 Å². The first-order valence-electron chi connectivity index (χ1n) is 8.24. The molecule has 4 atom stereocenters. The summed E-state index contributed by atoms with van der Waals surface area (Å²) in [6.07, 6.45) is 6.94. The van der Waals surface area contributed by atoms with Crippen LogP contribution in [0.15, 0.2) is 0 Å². The molecule has 0 aliphatic carbocycles. The molecule has 0 N–H and O–H groups in total. The van der Waals surface area contributed by atoms with E-state index < -0.39 is 7.14 Å². The van der Waals surface area contributed by atoms with Crippen molar-refractivity contribution in [2.45, 2.75) is 76.0 Å². The second-order valence-electron chi connectivity index (χ2n) is 7.81. The summed E-state index contributed by atoms with van der Waals surface area (Å²) in [5.41, 5.74) is 4.05. The van der Waals surface area contributed by atoms with Crippen molar-refractivity contribution in [2.75, 3.05) is 20.8 Å². The third-order valence-electron chi connectivity index (χ3n) is 6.50. The Balaban J connectivity index is 2.35. The average Bonchev–Trinajstić information content (AvgIpc) is 2.78. The molecule has 0 aromatic heterocycles. The zero-order valence-corrected chi connectivity index (χ0v) is 16.0. The van der Waals surface area contributed by atoms with Gasteiger partial charge in [0.15, 0.2) is 0 Å². The predicted molar refractivity (Wildman–Crippen MR) is 96.9 cm³/mol. The van der Waals surface area contributed by atoms with E-state index in [1.807, 2.05) is 0 Å². The normalized spacial score (nSPS) is 40.8. The molecular formula is C15H34BNP2. The maximum atomic E-state index is 2.75. The van der Waals surface area contributed by atoms with Gasteiger partial charge in [0.2, 0.25) is 0 Å². The van der Waals surface area contributed by atoms with Gasteiger partial charge < -0.3 is 0 Å². The maximum absolute atomic E-state index is 2.75. The van der Waals surface area contributed by atoms with Gasteiger partial charge in [0.25, 0.3) is 0 Å². The summed E-state index contributed by atoms with van der Waals surface area (Å²) in [5.74, 6) is 0. The van der Waals surface area contributed by atoms with Gasteiger partial charge in [-0.1, -0.05) is 0 Å². The molecule has 112 valence electrons. The molecule has 2 aliphatic heterocycles. The summed E-state index contributed by atoms with van der Waals surface area (Å²) >= 11 is 0. The quantitative estimate of drug-likeness (QED) is 0.546. The fourth-order valence-electron chi connectivity index (χ4n) is 4.96. The van der Waals surface area contributed by atoms with Gasteiger partial charge in [-0.15, -0.1) is 0 Å². The van der Waals surface area contributed by atoms with Crippen LogP contribution in [0.25, 0.3) is 0 Å². The summed E-state index contributed by atoms with van der Waals surface area (Å²) in [5, 5.41) is 0. The van der Waals surface area contributed by atoms with Crippen molar-refractivity contribution in [3.05, 3.63) is 0 Å². The molecule has 0 aromatic carbocycles. The summed E-state index contributed by atoms with van der Waals surface area (Å²) in [4.78, 5) is 2.66. The van der Waals surface area contributed by atoms with Crippen LogP contribution in [-0.2, 0) is 0 Å². The van der Waals surface area contributed by atoms with Crippen molar-refractivity contribution >= 4 is 21.2 Å². The van der Waals surface area contributed by atoms with Crippen molar-refractivity contribution in [2.24, 2.45) is 0 Å². The Kier molecular flexibility index (Phi) is 5.08. The molecule has 2 fully saturated rings. The Morgan fingerprint density at radius 2 is 1.32 bits per heavy atom. The first kappa shape index (κ1) is 16.3. The number of hydrogen-bond donors (Lipinski definition) is 0. The van der Waals surface area contributed by atoms with E-state index in [-0.39, 0.29) is 7.80 Å². The van der Waals surface area contributed by atoms with Crippen LogP contribution in [0.1, 0.15) is 53.4 Å². The molecular weight excluding hydrogens is 267 g/mol. The third kappa shape index (κ3) is 2.67. The SMILES string of the molecule is C[C@@H]1CC[C@@H](C)P1B(N(C)C)[PH]1(C)[C@H](C)CC[C@H]1C.